The van der Waals surface area contributed by atoms with Crippen molar-refractivity contribution in [3.63, 3.8) is 0 Å². The molecule has 4 fully saturated rings. The molecule has 2 aromatic carbocycles. The highest BCUT2D eigenvalue weighted by Crippen LogP contribution is 2.48. The number of rotatable bonds is 7. The van der Waals surface area contributed by atoms with Crippen LogP contribution < -0.4 is 10.2 Å². The van der Waals surface area contributed by atoms with Crippen molar-refractivity contribution in [1.29, 1.82) is 5.26 Å². The molecular weight excluding hydrogens is 548 g/mol. The second-order valence-electron chi connectivity index (χ2n) is 12.5. The monoisotopic (exact) mass is 584 g/mol. The number of nitrogens with zero attached hydrogens (tertiary/aromatic N) is 3. The SMILES string of the molecule is N#CC1(NC(=O)[C@@H]2CCCC[C@H]2c2oc(-c3ccccc3C3CC3)nc2-c2ccc(N3CCS(=O)(=O)CC3)cc2)CC1. The van der Waals surface area contributed by atoms with Crippen molar-refractivity contribution >= 4 is 21.4 Å². The number of carbonyl (C=O) groups is 1. The molecule has 42 heavy (non-hydrogen) atoms. The van der Waals surface area contributed by atoms with Gasteiger partial charge in [0, 0.05) is 41.7 Å². The Kier molecular flexibility index (Phi) is 6.85. The van der Waals surface area contributed by atoms with Crippen LogP contribution >= 0.6 is 0 Å². The third kappa shape index (κ3) is 5.33. The van der Waals surface area contributed by atoms with Gasteiger partial charge in [0.2, 0.25) is 11.8 Å². The van der Waals surface area contributed by atoms with Gasteiger partial charge in [-0.15, -0.1) is 0 Å². The van der Waals surface area contributed by atoms with Gasteiger partial charge in [0.1, 0.15) is 17.0 Å². The standard InChI is InChI=1S/C33H36N4O4S/c34-21-33(15-16-33)36-31(38)27-7-3-2-6-26(27)30-29(35-32(41-30)28-8-4-1-5-25(28)22-9-10-22)23-11-13-24(14-12-23)37-17-19-42(39,40)20-18-37/h1,4-5,8,11-14,22,26-27H,2-3,6-7,9-10,15-20H2,(H,36,38)/t26-,27-/m1/s1. The maximum Gasteiger partial charge on any atom is 0.227 e. The first-order valence-corrected chi connectivity index (χ1v) is 17.1. The molecule has 2 heterocycles. The second kappa shape index (κ2) is 10.6. The third-order valence-electron chi connectivity index (χ3n) is 9.48. The molecule has 218 valence electrons. The fourth-order valence-electron chi connectivity index (χ4n) is 6.62. The molecule has 3 aromatic rings. The number of oxazole rings is 1. The summed E-state index contributed by atoms with van der Waals surface area (Å²) in [6.07, 6.45) is 7.30. The summed E-state index contributed by atoms with van der Waals surface area (Å²) in [7, 11) is -2.96. The highest BCUT2D eigenvalue weighted by atomic mass is 32.2. The normalized spacial score (nSPS) is 24.5. The molecule has 2 atom stereocenters. The van der Waals surface area contributed by atoms with E-state index in [9.17, 15) is 18.5 Å². The summed E-state index contributed by atoms with van der Waals surface area (Å²) in [6, 6.07) is 18.7. The van der Waals surface area contributed by atoms with E-state index < -0.39 is 15.4 Å². The third-order valence-corrected chi connectivity index (χ3v) is 11.1. The smallest absolute Gasteiger partial charge is 0.227 e. The van der Waals surface area contributed by atoms with Crippen LogP contribution in [0.2, 0.25) is 0 Å². The molecule has 4 aliphatic rings. The summed E-state index contributed by atoms with van der Waals surface area (Å²) >= 11 is 0. The number of amides is 1. The quantitative estimate of drug-likeness (QED) is 0.386. The molecule has 3 aliphatic carbocycles. The second-order valence-corrected chi connectivity index (χ2v) is 14.8. The van der Waals surface area contributed by atoms with Crippen LogP contribution in [0.3, 0.4) is 0 Å². The van der Waals surface area contributed by atoms with Gasteiger partial charge in [0.15, 0.2) is 9.84 Å². The lowest BCUT2D eigenvalue weighted by Gasteiger charge is -2.30. The highest BCUT2D eigenvalue weighted by molar-refractivity contribution is 7.91. The summed E-state index contributed by atoms with van der Waals surface area (Å²) in [6.45, 7) is 0.976. The van der Waals surface area contributed by atoms with Crippen LogP contribution in [0.1, 0.15) is 74.5 Å². The number of benzene rings is 2. The van der Waals surface area contributed by atoms with Gasteiger partial charge < -0.3 is 14.6 Å². The van der Waals surface area contributed by atoms with Crippen molar-refractivity contribution in [2.24, 2.45) is 5.92 Å². The number of sulfone groups is 1. The number of nitrogens with one attached hydrogen (secondary N) is 1. The van der Waals surface area contributed by atoms with Crippen molar-refractivity contribution in [2.75, 3.05) is 29.5 Å². The Bertz CT molecular complexity index is 1630. The zero-order valence-corrected chi connectivity index (χ0v) is 24.5. The summed E-state index contributed by atoms with van der Waals surface area (Å²) < 4.78 is 30.6. The molecule has 3 saturated carbocycles. The van der Waals surface area contributed by atoms with Crippen LogP contribution in [0.25, 0.3) is 22.7 Å². The maximum absolute atomic E-state index is 13.6. The van der Waals surface area contributed by atoms with Crippen LogP contribution in [0.15, 0.2) is 52.9 Å². The van der Waals surface area contributed by atoms with E-state index in [1.165, 1.54) is 18.4 Å². The summed E-state index contributed by atoms with van der Waals surface area (Å²) in [5.74, 6) is 1.73. The van der Waals surface area contributed by atoms with Crippen LogP contribution in [0.5, 0.6) is 0 Å². The lowest BCUT2D eigenvalue weighted by Crippen LogP contribution is -2.42. The van der Waals surface area contributed by atoms with Crippen LogP contribution in [0.4, 0.5) is 5.69 Å². The van der Waals surface area contributed by atoms with E-state index >= 15 is 0 Å². The first-order chi connectivity index (χ1) is 20.3. The van der Waals surface area contributed by atoms with Gasteiger partial charge >= 0.3 is 0 Å². The Balaban J connectivity index is 1.25. The number of anilines is 1. The minimum atomic E-state index is -2.96. The van der Waals surface area contributed by atoms with Crippen LogP contribution in [0, 0.1) is 17.2 Å². The van der Waals surface area contributed by atoms with E-state index in [2.05, 4.69) is 34.5 Å². The molecule has 0 bridgehead atoms. The highest BCUT2D eigenvalue weighted by Gasteiger charge is 2.47. The fourth-order valence-corrected chi connectivity index (χ4v) is 7.83. The first-order valence-electron chi connectivity index (χ1n) is 15.2. The van der Waals surface area contributed by atoms with Gasteiger partial charge in [-0.25, -0.2) is 13.4 Å². The Morgan fingerprint density at radius 2 is 1.71 bits per heavy atom. The van der Waals surface area contributed by atoms with Gasteiger partial charge in [-0.2, -0.15) is 5.26 Å². The summed E-state index contributed by atoms with van der Waals surface area (Å²) in [5, 5.41) is 12.7. The number of hydrogen-bond donors (Lipinski definition) is 1. The molecule has 0 radical (unpaired) electrons. The zero-order valence-electron chi connectivity index (χ0n) is 23.7. The van der Waals surface area contributed by atoms with E-state index in [0.29, 0.717) is 37.7 Å². The number of hydrogen-bond acceptors (Lipinski definition) is 7. The van der Waals surface area contributed by atoms with Crippen molar-refractivity contribution in [3.05, 3.63) is 59.9 Å². The number of carbonyl (C=O) groups excluding carboxylic acids is 1. The van der Waals surface area contributed by atoms with E-state index in [0.717, 1.165) is 54.0 Å². The Morgan fingerprint density at radius 1 is 1.00 bits per heavy atom. The van der Waals surface area contributed by atoms with Gasteiger partial charge in [-0.1, -0.05) is 43.2 Å². The van der Waals surface area contributed by atoms with Crippen LogP contribution in [-0.4, -0.2) is 49.4 Å². The summed E-state index contributed by atoms with van der Waals surface area (Å²) in [4.78, 5) is 20.8. The number of nitriles is 1. The Labute approximate surface area is 247 Å². The molecule has 1 aromatic heterocycles. The average molecular weight is 585 g/mol. The van der Waals surface area contributed by atoms with Gasteiger partial charge in [0.05, 0.1) is 17.6 Å². The summed E-state index contributed by atoms with van der Waals surface area (Å²) in [5.41, 5.74) is 4.22. The van der Waals surface area contributed by atoms with Crippen molar-refractivity contribution in [3.8, 4) is 28.8 Å². The van der Waals surface area contributed by atoms with Crippen molar-refractivity contribution in [1.82, 2.24) is 10.3 Å². The van der Waals surface area contributed by atoms with Crippen LogP contribution in [-0.2, 0) is 14.6 Å². The molecule has 1 amide bonds. The minimum absolute atomic E-state index is 0.0589. The van der Waals surface area contributed by atoms with Gasteiger partial charge in [-0.3, -0.25) is 4.79 Å². The maximum atomic E-state index is 13.6. The Morgan fingerprint density at radius 3 is 2.40 bits per heavy atom. The Hall–Kier alpha value is -3.64. The van der Waals surface area contributed by atoms with E-state index in [1.807, 2.05) is 30.3 Å². The molecule has 0 spiro atoms. The zero-order chi connectivity index (χ0) is 28.9. The largest absolute Gasteiger partial charge is 0.440 e. The molecule has 0 unspecified atom stereocenters. The van der Waals surface area contributed by atoms with E-state index in [1.54, 1.807) is 0 Å². The molecule has 1 N–H and O–H groups in total. The molecule has 8 nitrogen and oxygen atoms in total. The predicted molar refractivity (Wildman–Crippen MR) is 161 cm³/mol. The molecular formula is C33H36N4O4S. The van der Waals surface area contributed by atoms with Crippen molar-refractivity contribution in [2.45, 2.75) is 68.7 Å². The first kappa shape index (κ1) is 27.2. The van der Waals surface area contributed by atoms with Gasteiger partial charge in [0.25, 0.3) is 0 Å². The van der Waals surface area contributed by atoms with E-state index in [-0.39, 0.29) is 29.2 Å². The number of aromatic nitrogens is 1. The topological polar surface area (TPSA) is 116 Å². The lowest BCUT2D eigenvalue weighted by molar-refractivity contribution is -0.127. The molecule has 1 saturated heterocycles. The van der Waals surface area contributed by atoms with Crippen molar-refractivity contribution < 1.29 is 17.6 Å². The van der Waals surface area contributed by atoms with E-state index in [4.69, 9.17) is 9.40 Å². The fraction of sp³-hybridized carbons (Fsp3) is 0.485. The molecule has 9 heteroatoms. The molecule has 1 aliphatic heterocycles. The minimum Gasteiger partial charge on any atom is -0.440 e. The lowest BCUT2D eigenvalue weighted by atomic mass is 9.76. The molecule has 7 rings (SSSR count). The predicted octanol–water partition coefficient (Wildman–Crippen LogP) is 5.57. The van der Waals surface area contributed by atoms with Gasteiger partial charge in [-0.05, 0) is 68.2 Å². The average Bonchev–Trinajstić information content (AvgIpc) is 3.95.